The van der Waals surface area contributed by atoms with Crippen LogP contribution in [-0.4, -0.2) is 18.4 Å². The first kappa shape index (κ1) is 17.6. The van der Waals surface area contributed by atoms with Crippen LogP contribution in [0.3, 0.4) is 0 Å². The van der Waals surface area contributed by atoms with Crippen molar-refractivity contribution in [1.82, 2.24) is 5.43 Å². The van der Waals surface area contributed by atoms with E-state index in [9.17, 15) is 0 Å². The fourth-order valence-electron chi connectivity index (χ4n) is 2.42. The Labute approximate surface area is 158 Å². The summed E-state index contributed by atoms with van der Waals surface area (Å²) in [6, 6.07) is 26.0. The maximum Gasteiger partial charge on any atom is 0.191 e. The topological polar surface area (TPSA) is 45.6 Å². The van der Waals surface area contributed by atoms with Gasteiger partial charge in [-0.15, -0.1) is 0 Å². The molecule has 5 heteroatoms. The molecule has 0 spiro atoms. The first-order valence-electron chi connectivity index (χ1n) is 8.14. The average molecular weight is 361 g/mol. The van der Waals surface area contributed by atoms with Gasteiger partial charge in [-0.3, -0.25) is 5.43 Å². The van der Waals surface area contributed by atoms with Gasteiger partial charge in [0, 0.05) is 11.8 Å². The van der Waals surface area contributed by atoms with Gasteiger partial charge in [-0.25, -0.2) is 0 Å². The number of hydrogen-bond acceptors (Lipinski definition) is 3. The van der Waals surface area contributed by atoms with Crippen molar-refractivity contribution in [2.75, 3.05) is 12.4 Å². The van der Waals surface area contributed by atoms with Crippen molar-refractivity contribution in [2.24, 2.45) is 5.10 Å². The summed E-state index contributed by atoms with van der Waals surface area (Å²) in [7, 11) is 1.63. The van der Waals surface area contributed by atoms with Gasteiger partial charge in [0.1, 0.15) is 5.75 Å². The van der Waals surface area contributed by atoms with Crippen molar-refractivity contribution in [3.05, 3.63) is 84.4 Å². The Bertz CT molecular complexity index is 893. The molecule has 3 rings (SSSR count). The average Bonchev–Trinajstić information content (AvgIpc) is 2.69. The van der Waals surface area contributed by atoms with E-state index in [2.05, 4.69) is 40.1 Å². The molecule has 0 saturated heterocycles. The summed E-state index contributed by atoms with van der Waals surface area (Å²) >= 11 is 5.24. The SMILES string of the molecule is COc1cccc(NC(=S)N/N=C/c2ccc(-c3ccccc3)cc2)c1. The Morgan fingerprint density at radius 1 is 0.923 bits per heavy atom. The van der Waals surface area contributed by atoms with Crippen LogP contribution in [-0.2, 0) is 0 Å². The lowest BCUT2D eigenvalue weighted by Crippen LogP contribution is -2.23. The second kappa shape index (κ2) is 8.78. The van der Waals surface area contributed by atoms with Crippen molar-refractivity contribution < 1.29 is 4.74 Å². The summed E-state index contributed by atoms with van der Waals surface area (Å²) in [4.78, 5) is 0. The summed E-state index contributed by atoms with van der Waals surface area (Å²) in [6.45, 7) is 0. The Morgan fingerprint density at radius 3 is 2.38 bits per heavy atom. The normalized spacial score (nSPS) is 10.5. The van der Waals surface area contributed by atoms with E-state index in [1.165, 1.54) is 11.1 Å². The summed E-state index contributed by atoms with van der Waals surface area (Å²) < 4.78 is 5.18. The molecule has 3 aromatic carbocycles. The van der Waals surface area contributed by atoms with Crippen LogP contribution in [0.1, 0.15) is 5.56 Å². The third kappa shape index (κ3) is 4.91. The maximum atomic E-state index is 5.24. The number of anilines is 1. The molecule has 0 bridgehead atoms. The molecular weight excluding hydrogens is 342 g/mol. The first-order chi connectivity index (χ1) is 12.7. The van der Waals surface area contributed by atoms with E-state index in [4.69, 9.17) is 17.0 Å². The zero-order valence-corrected chi connectivity index (χ0v) is 15.2. The van der Waals surface area contributed by atoms with Crippen LogP contribution in [0.4, 0.5) is 5.69 Å². The van der Waals surface area contributed by atoms with E-state index < -0.39 is 0 Å². The molecule has 0 aliphatic rings. The summed E-state index contributed by atoms with van der Waals surface area (Å²) in [5.74, 6) is 0.764. The molecule has 0 aromatic heterocycles. The molecular formula is C21H19N3OS. The van der Waals surface area contributed by atoms with Gasteiger partial charge in [0.15, 0.2) is 5.11 Å². The van der Waals surface area contributed by atoms with Gasteiger partial charge >= 0.3 is 0 Å². The predicted molar refractivity (Wildman–Crippen MR) is 112 cm³/mol. The lowest BCUT2D eigenvalue weighted by Gasteiger charge is -2.08. The zero-order chi connectivity index (χ0) is 18.2. The largest absolute Gasteiger partial charge is 0.497 e. The number of thiocarbonyl (C=S) groups is 1. The summed E-state index contributed by atoms with van der Waals surface area (Å²) in [5.41, 5.74) is 7.00. The molecule has 26 heavy (non-hydrogen) atoms. The van der Waals surface area contributed by atoms with Gasteiger partial charge in [0.05, 0.1) is 13.3 Å². The number of ether oxygens (including phenoxy) is 1. The van der Waals surface area contributed by atoms with E-state index in [0.717, 1.165) is 17.0 Å². The first-order valence-corrected chi connectivity index (χ1v) is 8.55. The van der Waals surface area contributed by atoms with Crippen LogP contribution in [0.25, 0.3) is 11.1 Å². The summed E-state index contributed by atoms with van der Waals surface area (Å²) in [6.07, 6.45) is 1.73. The summed E-state index contributed by atoms with van der Waals surface area (Å²) in [5, 5.41) is 7.65. The number of hydrazone groups is 1. The third-order valence-corrected chi connectivity index (χ3v) is 3.92. The van der Waals surface area contributed by atoms with Crippen molar-refractivity contribution >= 4 is 29.2 Å². The highest BCUT2D eigenvalue weighted by molar-refractivity contribution is 7.80. The quantitative estimate of drug-likeness (QED) is 0.393. The van der Waals surface area contributed by atoms with Gasteiger partial charge in [-0.1, -0.05) is 60.7 Å². The highest BCUT2D eigenvalue weighted by Crippen LogP contribution is 2.19. The molecule has 0 aliphatic carbocycles. The molecule has 4 nitrogen and oxygen atoms in total. The van der Waals surface area contributed by atoms with Crippen molar-refractivity contribution in [2.45, 2.75) is 0 Å². The van der Waals surface area contributed by atoms with Gasteiger partial charge in [0.2, 0.25) is 0 Å². The van der Waals surface area contributed by atoms with E-state index in [1.807, 2.05) is 54.6 Å². The van der Waals surface area contributed by atoms with Gasteiger partial charge in [0.25, 0.3) is 0 Å². The van der Waals surface area contributed by atoms with Crippen LogP contribution in [0.15, 0.2) is 84.0 Å². The van der Waals surface area contributed by atoms with Gasteiger partial charge < -0.3 is 10.1 Å². The smallest absolute Gasteiger partial charge is 0.191 e. The predicted octanol–water partition coefficient (Wildman–Crippen LogP) is 4.68. The molecule has 0 amide bonds. The standard InChI is InChI=1S/C21H19N3OS/c1-25-20-9-5-8-19(14-20)23-21(26)24-22-15-16-10-12-18(13-11-16)17-6-3-2-4-7-17/h2-15H,1H3,(H2,23,24,26)/b22-15+. The Balaban J connectivity index is 1.55. The lowest BCUT2D eigenvalue weighted by molar-refractivity contribution is 0.415. The zero-order valence-electron chi connectivity index (χ0n) is 14.3. The van der Waals surface area contributed by atoms with E-state index in [-0.39, 0.29) is 0 Å². The number of nitrogens with one attached hydrogen (secondary N) is 2. The van der Waals surface area contributed by atoms with Crippen molar-refractivity contribution in [1.29, 1.82) is 0 Å². The monoisotopic (exact) mass is 361 g/mol. The number of hydrogen-bond donors (Lipinski definition) is 2. The van der Waals surface area contributed by atoms with Crippen LogP contribution < -0.4 is 15.5 Å². The Hall–Kier alpha value is -3.18. The minimum absolute atomic E-state index is 0.412. The molecule has 0 aliphatic heterocycles. The molecule has 0 atom stereocenters. The third-order valence-electron chi connectivity index (χ3n) is 3.73. The number of nitrogens with zero attached hydrogens (tertiary/aromatic N) is 1. The van der Waals surface area contributed by atoms with E-state index in [0.29, 0.717) is 5.11 Å². The van der Waals surface area contributed by atoms with Crippen molar-refractivity contribution in [3.63, 3.8) is 0 Å². The van der Waals surface area contributed by atoms with E-state index in [1.54, 1.807) is 13.3 Å². The number of rotatable bonds is 5. The van der Waals surface area contributed by atoms with Crippen LogP contribution in [0, 0.1) is 0 Å². The number of methoxy groups -OCH3 is 1. The van der Waals surface area contributed by atoms with Gasteiger partial charge in [-0.05, 0) is 41.0 Å². The molecule has 3 aromatic rings. The van der Waals surface area contributed by atoms with Crippen molar-refractivity contribution in [3.8, 4) is 16.9 Å². The number of benzene rings is 3. The fraction of sp³-hybridized carbons (Fsp3) is 0.0476. The molecule has 2 N–H and O–H groups in total. The molecule has 0 heterocycles. The van der Waals surface area contributed by atoms with Crippen LogP contribution in [0.5, 0.6) is 5.75 Å². The molecule has 0 radical (unpaired) electrons. The Morgan fingerprint density at radius 2 is 1.65 bits per heavy atom. The second-order valence-corrected chi connectivity index (χ2v) is 5.95. The van der Waals surface area contributed by atoms with Crippen LogP contribution in [0.2, 0.25) is 0 Å². The minimum atomic E-state index is 0.412. The second-order valence-electron chi connectivity index (χ2n) is 5.54. The molecule has 0 saturated carbocycles. The van der Waals surface area contributed by atoms with Crippen LogP contribution >= 0.6 is 12.2 Å². The lowest BCUT2D eigenvalue weighted by atomic mass is 10.0. The fourth-order valence-corrected chi connectivity index (χ4v) is 2.59. The molecule has 0 unspecified atom stereocenters. The maximum absolute atomic E-state index is 5.24. The van der Waals surface area contributed by atoms with Gasteiger partial charge in [-0.2, -0.15) is 5.10 Å². The van der Waals surface area contributed by atoms with E-state index >= 15 is 0 Å². The molecule has 0 fully saturated rings. The highest BCUT2D eigenvalue weighted by atomic mass is 32.1. The highest BCUT2D eigenvalue weighted by Gasteiger charge is 1.99. The Kier molecular flexibility index (Phi) is 5.96. The molecule has 130 valence electrons. The minimum Gasteiger partial charge on any atom is -0.497 e.